The second kappa shape index (κ2) is 9.62. The number of carboxylic acids is 1. The lowest BCUT2D eigenvalue weighted by molar-refractivity contribution is 0.0697. The van der Waals surface area contributed by atoms with Crippen LogP contribution in [-0.4, -0.2) is 40.0 Å². The third-order valence-electron chi connectivity index (χ3n) is 5.27. The molecule has 0 radical (unpaired) electrons. The molecule has 0 saturated heterocycles. The average Bonchev–Trinajstić information content (AvgIpc) is 3.47. The molecule has 2 N–H and O–H groups in total. The molecular formula is C24H24N6O4. The zero-order valence-corrected chi connectivity index (χ0v) is 18.9. The summed E-state index contributed by atoms with van der Waals surface area (Å²) in [5.41, 5.74) is 1.50. The van der Waals surface area contributed by atoms with Crippen molar-refractivity contribution in [2.75, 3.05) is 0 Å². The molecular weight excluding hydrogens is 436 g/mol. The van der Waals surface area contributed by atoms with Gasteiger partial charge in [-0.3, -0.25) is 18.6 Å². The number of aryl methyl sites for hydroxylation is 1. The summed E-state index contributed by atoms with van der Waals surface area (Å²) >= 11 is 0. The van der Waals surface area contributed by atoms with Crippen LogP contribution >= 0.6 is 0 Å². The summed E-state index contributed by atoms with van der Waals surface area (Å²) in [7, 11) is 0. The minimum absolute atomic E-state index is 0.207. The largest absolute Gasteiger partial charge is 0.478 e. The Kier molecular flexibility index (Phi) is 6.45. The fourth-order valence-corrected chi connectivity index (χ4v) is 3.64. The summed E-state index contributed by atoms with van der Waals surface area (Å²) < 4.78 is 4.43. The van der Waals surface area contributed by atoms with Crippen LogP contribution < -0.4 is 11.2 Å². The second-order valence-electron chi connectivity index (χ2n) is 7.79. The zero-order chi connectivity index (χ0) is 24.2. The highest BCUT2D eigenvalue weighted by atomic mass is 16.4. The van der Waals surface area contributed by atoms with Crippen molar-refractivity contribution in [2.24, 2.45) is 0 Å². The van der Waals surface area contributed by atoms with Gasteiger partial charge in [0, 0.05) is 24.8 Å². The maximum Gasteiger partial charge on any atom is 0.335 e. The number of aromatic nitrogens is 6. The molecule has 3 heterocycles. The number of nitrogens with one attached hydrogen (secondary N) is 1. The van der Waals surface area contributed by atoms with Gasteiger partial charge in [0.15, 0.2) is 5.65 Å². The number of carboxylic acid groups (broad SMARTS) is 1. The third kappa shape index (κ3) is 4.41. The summed E-state index contributed by atoms with van der Waals surface area (Å²) in [6, 6.07) is 6.32. The van der Waals surface area contributed by atoms with E-state index >= 15 is 0 Å². The number of nitrogens with zero attached hydrogens (tertiary/aromatic N) is 5. The van der Waals surface area contributed by atoms with Crippen LogP contribution in [0, 0.1) is 11.8 Å². The molecule has 10 heteroatoms. The maximum atomic E-state index is 12.9. The SMILES string of the molecule is CCCn1c(=O)c2[nH]c(-c3cnn(CC#Cc4ccc(C(=O)O)cc4)c3)nc2n(CCC)c1=O. The van der Waals surface area contributed by atoms with E-state index in [1.54, 1.807) is 29.2 Å². The number of fused-ring (bicyclic) bond motifs is 1. The number of carbonyl (C=O) groups is 1. The lowest BCUT2D eigenvalue weighted by atomic mass is 10.1. The maximum absolute atomic E-state index is 12.9. The van der Waals surface area contributed by atoms with Gasteiger partial charge in [-0.1, -0.05) is 25.7 Å². The molecule has 34 heavy (non-hydrogen) atoms. The van der Waals surface area contributed by atoms with E-state index in [0.717, 1.165) is 6.42 Å². The normalized spacial score (nSPS) is 10.9. The molecule has 0 aliphatic heterocycles. The molecule has 0 atom stereocenters. The van der Waals surface area contributed by atoms with Gasteiger partial charge in [-0.2, -0.15) is 5.10 Å². The topological polar surface area (TPSA) is 128 Å². The number of imidazole rings is 1. The molecule has 0 bridgehead atoms. The smallest absolute Gasteiger partial charge is 0.335 e. The summed E-state index contributed by atoms with van der Waals surface area (Å²) in [5.74, 6) is 5.44. The van der Waals surface area contributed by atoms with Gasteiger partial charge in [0.1, 0.15) is 17.9 Å². The van der Waals surface area contributed by atoms with Crippen LogP contribution in [0.2, 0.25) is 0 Å². The fraction of sp³-hybridized carbons (Fsp3) is 0.292. The van der Waals surface area contributed by atoms with E-state index in [0.29, 0.717) is 54.2 Å². The Hall–Kier alpha value is -4.39. The van der Waals surface area contributed by atoms with E-state index in [2.05, 4.69) is 26.9 Å². The van der Waals surface area contributed by atoms with E-state index in [1.165, 1.54) is 21.3 Å². The van der Waals surface area contributed by atoms with Crippen molar-refractivity contribution in [3.05, 3.63) is 68.6 Å². The Labute approximate surface area is 194 Å². The summed E-state index contributed by atoms with van der Waals surface area (Å²) in [6.07, 6.45) is 4.78. The Bertz CT molecular complexity index is 1530. The van der Waals surface area contributed by atoms with Crippen molar-refractivity contribution in [3.8, 4) is 23.2 Å². The first-order valence-corrected chi connectivity index (χ1v) is 11.0. The predicted molar refractivity (Wildman–Crippen MR) is 127 cm³/mol. The highest BCUT2D eigenvalue weighted by Gasteiger charge is 2.18. The lowest BCUT2D eigenvalue weighted by Crippen LogP contribution is -2.40. The van der Waals surface area contributed by atoms with Crippen molar-refractivity contribution < 1.29 is 9.90 Å². The zero-order valence-electron chi connectivity index (χ0n) is 18.9. The molecule has 0 aliphatic rings. The molecule has 4 rings (SSSR count). The fourth-order valence-electron chi connectivity index (χ4n) is 3.64. The van der Waals surface area contributed by atoms with Gasteiger partial charge in [0.05, 0.1) is 17.3 Å². The molecule has 0 fully saturated rings. The highest BCUT2D eigenvalue weighted by Crippen LogP contribution is 2.18. The second-order valence-corrected chi connectivity index (χ2v) is 7.79. The number of hydrogen-bond donors (Lipinski definition) is 2. The first-order chi connectivity index (χ1) is 16.4. The quantitative estimate of drug-likeness (QED) is 0.408. The summed E-state index contributed by atoms with van der Waals surface area (Å²) in [6.45, 7) is 5.01. The van der Waals surface area contributed by atoms with Gasteiger partial charge >= 0.3 is 11.7 Å². The van der Waals surface area contributed by atoms with Crippen molar-refractivity contribution in [3.63, 3.8) is 0 Å². The van der Waals surface area contributed by atoms with Gasteiger partial charge in [0.25, 0.3) is 5.56 Å². The van der Waals surface area contributed by atoms with Crippen LogP contribution in [0.5, 0.6) is 0 Å². The van der Waals surface area contributed by atoms with E-state index in [-0.39, 0.29) is 16.8 Å². The molecule has 0 unspecified atom stereocenters. The molecule has 10 nitrogen and oxygen atoms in total. The van der Waals surface area contributed by atoms with E-state index in [4.69, 9.17) is 5.11 Å². The van der Waals surface area contributed by atoms with Gasteiger partial charge in [0.2, 0.25) is 0 Å². The average molecular weight is 460 g/mol. The first kappa shape index (κ1) is 22.8. The van der Waals surface area contributed by atoms with Crippen molar-refractivity contribution >= 4 is 17.1 Å². The predicted octanol–water partition coefficient (Wildman–Crippen LogP) is 2.32. The van der Waals surface area contributed by atoms with Gasteiger partial charge in [-0.15, -0.1) is 0 Å². The van der Waals surface area contributed by atoms with Gasteiger partial charge in [-0.05, 0) is 37.1 Å². The first-order valence-electron chi connectivity index (χ1n) is 11.0. The van der Waals surface area contributed by atoms with Crippen LogP contribution in [0.25, 0.3) is 22.6 Å². The Balaban J connectivity index is 1.61. The molecule has 3 aromatic heterocycles. The van der Waals surface area contributed by atoms with Crippen LogP contribution in [0.15, 0.2) is 46.2 Å². The van der Waals surface area contributed by atoms with Crippen LogP contribution in [0.1, 0.15) is 42.6 Å². The molecule has 0 saturated carbocycles. The minimum Gasteiger partial charge on any atom is -0.478 e. The third-order valence-corrected chi connectivity index (χ3v) is 5.27. The number of benzene rings is 1. The Morgan fingerprint density at radius 1 is 1.09 bits per heavy atom. The number of H-pyrrole nitrogens is 1. The van der Waals surface area contributed by atoms with Crippen LogP contribution in [0.3, 0.4) is 0 Å². The highest BCUT2D eigenvalue weighted by molar-refractivity contribution is 5.87. The summed E-state index contributed by atoms with van der Waals surface area (Å²) in [4.78, 5) is 44.3. The lowest BCUT2D eigenvalue weighted by Gasteiger charge is -2.09. The number of rotatable bonds is 7. The van der Waals surface area contributed by atoms with Gasteiger partial charge < -0.3 is 10.1 Å². The summed E-state index contributed by atoms with van der Waals surface area (Å²) in [5, 5.41) is 13.3. The molecule has 0 amide bonds. The molecule has 0 aliphatic carbocycles. The van der Waals surface area contributed by atoms with Crippen molar-refractivity contribution in [1.29, 1.82) is 0 Å². The number of hydrogen-bond acceptors (Lipinski definition) is 5. The number of aromatic amines is 1. The van der Waals surface area contributed by atoms with Crippen LogP contribution in [-0.2, 0) is 19.6 Å². The molecule has 0 spiro atoms. The Morgan fingerprint density at radius 2 is 1.79 bits per heavy atom. The van der Waals surface area contributed by atoms with Crippen LogP contribution in [0.4, 0.5) is 0 Å². The molecule has 174 valence electrons. The van der Waals surface area contributed by atoms with Crippen molar-refractivity contribution in [2.45, 2.75) is 46.3 Å². The van der Waals surface area contributed by atoms with Crippen molar-refractivity contribution in [1.82, 2.24) is 28.9 Å². The molecule has 4 aromatic rings. The van der Waals surface area contributed by atoms with E-state index < -0.39 is 5.97 Å². The standard InChI is InChI=1S/C24H24N6O4/c1-3-11-29-21-19(22(31)30(12-4-2)24(29)34)26-20(27-21)18-14-25-28(15-18)13-5-6-16-7-9-17(10-8-16)23(32)33/h7-10,14-15H,3-4,11-13H2,1-2H3,(H,26,27)(H,32,33). The monoisotopic (exact) mass is 460 g/mol. The minimum atomic E-state index is -0.981. The van der Waals surface area contributed by atoms with E-state index in [1.807, 2.05) is 13.8 Å². The van der Waals surface area contributed by atoms with Gasteiger partial charge in [-0.25, -0.2) is 14.6 Å². The number of aromatic carboxylic acids is 1. The molecule has 1 aromatic carbocycles. The Morgan fingerprint density at radius 3 is 2.47 bits per heavy atom. The van der Waals surface area contributed by atoms with E-state index in [9.17, 15) is 14.4 Å².